The van der Waals surface area contributed by atoms with Crippen LogP contribution in [0.15, 0.2) is 10.5 Å². The summed E-state index contributed by atoms with van der Waals surface area (Å²) in [7, 11) is 0. The number of rotatable bonds is 6. The van der Waals surface area contributed by atoms with E-state index in [1.165, 1.54) is 16.7 Å². The van der Waals surface area contributed by atoms with Gasteiger partial charge in [-0.05, 0) is 27.7 Å². The van der Waals surface area contributed by atoms with Crippen molar-refractivity contribution in [2.24, 2.45) is 5.16 Å². The van der Waals surface area contributed by atoms with E-state index in [0.717, 1.165) is 0 Å². The van der Waals surface area contributed by atoms with Gasteiger partial charge in [0, 0.05) is 43.9 Å². The third-order valence-electron chi connectivity index (χ3n) is 5.11. The molecule has 1 saturated heterocycles. The third-order valence-corrected chi connectivity index (χ3v) is 5.88. The highest BCUT2D eigenvalue weighted by atomic mass is 32.1. The van der Waals surface area contributed by atoms with Gasteiger partial charge in [-0.25, -0.2) is 23.4 Å². The molecule has 0 unspecified atom stereocenters. The Bertz CT molecular complexity index is 1010. The lowest BCUT2D eigenvalue weighted by molar-refractivity contribution is -0.198. The van der Waals surface area contributed by atoms with Gasteiger partial charge in [-0.2, -0.15) is 0 Å². The maximum atomic E-state index is 13.8. The second-order valence-corrected chi connectivity index (χ2v) is 10.2. The van der Waals surface area contributed by atoms with Gasteiger partial charge >= 0.3 is 11.9 Å². The molecule has 0 radical (unpaired) electrons. The van der Waals surface area contributed by atoms with Crippen molar-refractivity contribution in [3.05, 3.63) is 16.1 Å². The van der Waals surface area contributed by atoms with Crippen molar-refractivity contribution in [2.45, 2.75) is 83.3 Å². The SMILES string of the molecule is Cc1nc(/C(=N/OC2(C(=O)OC(C)(C)C)CCC(F)(F)CC2)C(=O)ON2C(=O)CCC2=O)cs1. The molecular formula is C21H25F2N3O7S. The molecule has 3 rings (SSSR count). The molecule has 0 spiro atoms. The number of aromatic nitrogens is 1. The maximum Gasteiger partial charge on any atom is 0.387 e. The number of hydrogen-bond donors (Lipinski definition) is 0. The molecule has 1 aliphatic heterocycles. The second-order valence-electron chi connectivity index (χ2n) is 9.10. The molecule has 0 atom stereocenters. The van der Waals surface area contributed by atoms with Gasteiger partial charge in [0.25, 0.3) is 11.8 Å². The summed E-state index contributed by atoms with van der Waals surface area (Å²) in [6.45, 7) is 6.51. The zero-order valence-corrected chi connectivity index (χ0v) is 20.0. The largest absolute Gasteiger partial charge is 0.457 e. The van der Waals surface area contributed by atoms with Crippen LogP contribution < -0.4 is 0 Å². The van der Waals surface area contributed by atoms with Crippen LogP contribution in [0.1, 0.15) is 70.0 Å². The summed E-state index contributed by atoms with van der Waals surface area (Å²) >= 11 is 1.17. The van der Waals surface area contributed by atoms with Crippen LogP contribution in [0.3, 0.4) is 0 Å². The molecule has 2 amide bonds. The minimum atomic E-state index is -2.98. The van der Waals surface area contributed by atoms with Crippen molar-refractivity contribution >= 4 is 40.8 Å². The Morgan fingerprint density at radius 2 is 1.71 bits per heavy atom. The van der Waals surface area contributed by atoms with Crippen LogP contribution in [-0.4, -0.2) is 56.6 Å². The van der Waals surface area contributed by atoms with Gasteiger partial charge in [-0.3, -0.25) is 9.59 Å². The monoisotopic (exact) mass is 501 g/mol. The van der Waals surface area contributed by atoms with Crippen molar-refractivity contribution in [1.82, 2.24) is 10.0 Å². The highest BCUT2D eigenvalue weighted by Crippen LogP contribution is 2.42. The van der Waals surface area contributed by atoms with Crippen molar-refractivity contribution < 1.29 is 42.4 Å². The van der Waals surface area contributed by atoms with Gasteiger partial charge in [0.15, 0.2) is 0 Å². The van der Waals surface area contributed by atoms with E-state index in [1.54, 1.807) is 27.7 Å². The lowest BCUT2D eigenvalue weighted by atomic mass is 9.82. The number of aryl methyl sites for hydroxylation is 1. The van der Waals surface area contributed by atoms with Crippen molar-refractivity contribution in [2.75, 3.05) is 0 Å². The summed E-state index contributed by atoms with van der Waals surface area (Å²) in [5.74, 6) is -6.51. The van der Waals surface area contributed by atoms with Crippen molar-refractivity contribution in [3.8, 4) is 0 Å². The predicted octanol–water partition coefficient (Wildman–Crippen LogP) is 3.07. The van der Waals surface area contributed by atoms with Gasteiger partial charge in [0.1, 0.15) is 11.3 Å². The van der Waals surface area contributed by atoms with E-state index in [9.17, 15) is 28.0 Å². The van der Waals surface area contributed by atoms with E-state index in [0.29, 0.717) is 10.1 Å². The Labute approximate surface area is 198 Å². The van der Waals surface area contributed by atoms with Crippen LogP contribution in [0.25, 0.3) is 0 Å². The smallest absolute Gasteiger partial charge is 0.387 e. The zero-order chi connectivity index (χ0) is 25.3. The average Bonchev–Trinajstić information content (AvgIpc) is 3.28. The number of esters is 1. The number of hydroxylamine groups is 2. The van der Waals surface area contributed by atoms with E-state index >= 15 is 0 Å². The fraction of sp³-hybridized carbons (Fsp3) is 0.619. The molecule has 0 N–H and O–H groups in total. The molecular weight excluding hydrogens is 476 g/mol. The number of ether oxygens (including phenoxy) is 1. The van der Waals surface area contributed by atoms with E-state index < -0.39 is 72.3 Å². The Kier molecular flexibility index (Phi) is 7.06. The van der Waals surface area contributed by atoms with Gasteiger partial charge in [-0.1, -0.05) is 5.16 Å². The number of halogens is 2. The molecule has 1 aliphatic carbocycles. The van der Waals surface area contributed by atoms with E-state index in [2.05, 4.69) is 10.1 Å². The predicted molar refractivity (Wildman–Crippen MR) is 114 cm³/mol. The summed E-state index contributed by atoms with van der Waals surface area (Å²) in [6.07, 6.45) is -2.32. The first-order valence-corrected chi connectivity index (χ1v) is 11.5. The number of nitrogens with zero attached hydrogens (tertiary/aromatic N) is 3. The van der Waals surface area contributed by atoms with Crippen molar-refractivity contribution in [3.63, 3.8) is 0 Å². The van der Waals surface area contributed by atoms with Gasteiger partial charge in [0.2, 0.25) is 17.2 Å². The van der Waals surface area contributed by atoms with Crippen LogP contribution in [0.5, 0.6) is 0 Å². The standard InChI is InChI=1S/C21H25F2N3O7S/c1-12-24-13(11-34-12)16(17(29)32-26-14(27)5-6-15(26)28)25-33-20(18(30)31-19(2,3)4)7-9-21(22,23)10-8-20/h11H,5-10H2,1-4H3/b25-16-. The van der Waals surface area contributed by atoms with Gasteiger partial charge in [-0.15, -0.1) is 16.4 Å². The first kappa shape index (κ1) is 25.7. The quantitative estimate of drug-likeness (QED) is 0.252. The highest BCUT2D eigenvalue weighted by molar-refractivity contribution is 7.09. The van der Waals surface area contributed by atoms with Crippen LogP contribution in [0.4, 0.5) is 8.78 Å². The van der Waals surface area contributed by atoms with E-state index in [1.807, 2.05) is 0 Å². The summed E-state index contributed by atoms with van der Waals surface area (Å²) in [4.78, 5) is 64.0. The van der Waals surface area contributed by atoms with E-state index in [4.69, 9.17) is 14.4 Å². The Morgan fingerprint density at radius 1 is 1.12 bits per heavy atom. The lowest BCUT2D eigenvalue weighted by Gasteiger charge is -2.37. The number of imide groups is 1. The topological polar surface area (TPSA) is 124 Å². The Hall–Kier alpha value is -2.96. The van der Waals surface area contributed by atoms with Gasteiger partial charge < -0.3 is 14.4 Å². The van der Waals surface area contributed by atoms with Crippen LogP contribution >= 0.6 is 11.3 Å². The lowest BCUT2D eigenvalue weighted by Crippen LogP contribution is -2.49. The fourth-order valence-corrected chi connectivity index (χ4v) is 3.90. The maximum absolute atomic E-state index is 13.8. The normalized spacial score (nSPS) is 20.3. The third kappa shape index (κ3) is 5.93. The number of carbonyl (C=O) groups excluding carboxylic acids is 4. The summed E-state index contributed by atoms with van der Waals surface area (Å²) in [5, 5.41) is 6.14. The summed E-state index contributed by atoms with van der Waals surface area (Å²) in [6, 6.07) is 0. The summed E-state index contributed by atoms with van der Waals surface area (Å²) < 4.78 is 33.1. The minimum absolute atomic E-state index is 0.00655. The number of carbonyl (C=O) groups is 4. The number of oxime groups is 1. The number of thiazole rings is 1. The van der Waals surface area contributed by atoms with Crippen molar-refractivity contribution in [1.29, 1.82) is 0 Å². The highest BCUT2D eigenvalue weighted by Gasteiger charge is 2.52. The molecule has 2 heterocycles. The minimum Gasteiger partial charge on any atom is -0.457 e. The molecule has 0 aromatic carbocycles. The molecule has 186 valence electrons. The van der Waals surface area contributed by atoms with E-state index in [-0.39, 0.29) is 18.5 Å². The fourth-order valence-electron chi connectivity index (χ4n) is 3.30. The molecule has 1 saturated carbocycles. The molecule has 34 heavy (non-hydrogen) atoms. The first-order chi connectivity index (χ1) is 15.7. The Balaban J connectivity index is 1.92. The molecule has 10 nitrogen and oxygen atoms in total. The number of hydrogen-bond acceptors (Lipinski definition) is 10. The Morgan fingerprint density at radius 3 is 2.21 bits per heavy atom. The van der Waals surface area contributed by atoms with Crippen LogP contribution in [0, 0.1) is 6.92 Å². The zero-order valence-electron chi connectivity index (χ0n) is 19.2. The van der Waals surface area contributed by atoms with Crippen LogP contribution in [-0.2, 0) is 33.6 Å². The first-order valence-electron chi connectivity index (χ1n) is 10.6. The molecule has 2 fully saturated rings. The number of amides is 2. The van der Waals surface area contributed by atoms with Crippen LogP contribution in [0.2, 0.25) is 0 Å². The molecule has 0 bridgehead atoms. The molecule has 13 heteroatoms. The second kappa shape index (κ2) is 9.35. The van der Waals surface area contributed by atoms with Gasteiger partial charge in [0.05, 0.1) is 5.01 Å². The molecule has 2 aliphatic rings. The number of alkyl halides is 2. The summed E-state index contributed by atoms with van der Waals surface area (Å²) in [5.41, 5.74) is -3.32. The molecule has 1 aromatic heterocycles. The average molecular weight is 502 g/mol. The molecule has 1 aromatic rings.